The Labute approximate surface area is 257 Å². The molecule has 0 spiro atoms. The zero-order valence-corrected chi connectivity index (χ0v) is 25.1. The Hall–Kier alpha value is -4.54. The molecule has 1 aliphatic rings. The van der Waals surface area contributed by atoms with Gasteiger partial charge >= 0.3 is 18.4 Å². The Bertz CT molecular complexity index is 1400. The van der Waals surface area contributed by atoms with Crippen LogP contribution in [0.4, 0.5) is 36.8 Å². The maximum Gasteiger partial charge on any atom is 0.416 e. The Morgan fingerprint density at radius 1 is 1.04 bits per heavy atom. The van der Waals surface area contributed by atoms with Crippen LogP contribution in [0.25, 0.3) is 0 Å². The number of anilines is 1. The normalized spacial score (nSPS) is 17.2. The second-order valence-corrected chi connectivity index (χ2v) is 11.1. The number of rotatable bonds is 6. The molecule has 1 saturated heterocycles. The molecule has 3 unspecified atom stereocenters. The second-order valence-electron chi connectivity index (χ2n) is 11.1. The fraction of sp³-hybridized carbons (Fsp3) is 0.419. The van der Waals surface area contributed by atoms with Crippen molar-refractivity contribution in [1.29, 1.82) is 5.26 Å². The number of hydrogen-bond acceptors (Lipinski definition) is 5. The lowest BCUT2D eigenvalue weighted by Gasteiger charge is -2.29. The van der Waals surface area contributed by atoms with E-state index in [1.807, 2.05) is 13.0 Å². The molecule has 0 saturated carbocycles. The van der Waals surface area contributed by atoms with E-state index in [1.54, 1.807) is 26.8 Å². The fourth-order valence-electron chi connectivity index (χ4n) is 4.25. The third-order valence-corrected chi connectivity index (χ3v) is 6.23. The van der Waals surface area contributed by atoms with E-state index in [2.05, 4.69) is 17.2 Å². The van der Waals surface area contributed by atoms with Crippen LogP contribution in [0.2, 0.25) is 0 Å². The summed E-state index contributed by atoms with van der Waals surface area (Å²) in [4.78, 5) is 40.4. The molecule has 14 heteroatoms. The zero-order chi connectivity index (χ0) is 34.2. The number of alkyl halides is 6. The molecule has 0 aliphatic carbocycles. The van der Waals surface area contributed by atoms with Crippen molar-refractivity contribution in [2.45, 2.75) is 70.6 Å². The van der Waals surface area contributed by atoms with Crippen molar-refractivity contribution < 1.29 is 45.5 Å². The first kappa shape index (κ1) is 36.7. The van der Waals surface area contributed by atoms with E-state index in [0.717, 1.165) is 41.3 Å². The first-order valence-electron chi connectivity index (χ1n) is 13.7. The second kappa shape index (κ2) is 15.0. The van der Waals surface area contributed by atoms with Gasteiger partial charge in [0, 0.05) is 18.7 Å². The van der Waals surface area contributed by atoms with Gasteiger partial charge in [-0.05, 0) is 70.0 Å². The number of nitrogens with zero attached hydrogens (tertiary/aromatic N) is 2. The Balaban J connectivity index is 0.00000226. The van der Waals surface area contributed by atoms with Crippen LogP contribution in [0.1, 0.15) is 50.8 Å². The van der Waals surface area contributed by atoms with Gasteiger partial charge in [-0.2, -0.15) is 31.6 Å². The van der Waals surface area contributed by atoms with E-state index in [4.69, 9.17) is 4.74 Å². The largest absolute Gasteiger partial charge is 0.444 e. The van der Waals surface area contributed by atoms with E-state index in [9.17, 15) is 46.0 Å². The average molecular weight is 641 g/mol. The van der Waals surface area contributed by atoms with E-state index in [-0.39, 0.29) is 30.6 Å². The summed E-state index contributed by atoms with van der Waals surface area (Å²) in [5, 5.41) is 14.2. The molecule has 2 aromatic carbocycles. The summed E-state index contributed by atoms with van der Waals surface area (Å²) >= 11 is 0. The van der Waals surface area contributed by atoms with Gasteiger partial charge < -0.3 is 15.4 Å². The van der Waals surface area contributed by atoms with Crippen molar-refractivity contribution in [3.05, 3.63) is 77.9 Å². The molecule has 1 aliphatic heterocycles. The number of carbonyl (C=O) groups excluding carboxylic acids is 3. The number of nitrogens with one attached hydrogen (secondary N) is 2. The van der Waals surface area contributed by atoms with Crippen molar-refractivity contribution in [2.75, 3.05) is 11.9 Å². The van der Waals surface area contributed by atoms with Gasteiger partial charge in [-0.1, -0.05) is 24.3 Å². The number of carbonyl (C=O) groups is 3. The number of allylic oxidation sites excluding steroid dienone is 1. The minimum atomic E-state index is -4.69. The number of hydrogen-bond donors (Lipinski definition) is 2. The Morgan fingerprint density at radius 3 is 2.13 bits per heavy atom. The average Bonchev–Trinajstić information content (AvgIpc) is 3.37. The van der Waals surface area contributed by atoms with Crippen molar-refractivity contribution in [1.82, 2.24) is 10.2 Å². The van der Waals surface area contributed by atoms with Gasteiger partial charge in [-0.3, -0.25) is 14.5 Å². The molecule has 2 aromatic rings. The highest BCUT2D eigenvalue weighted by atomic mass is 19.4. The molecule has 244 valence electrons. The number of benzene rings is 2. The van der Waals surface area contributed by atoms with Gasteiger partial charge in [0.05, 0.1) is 23.1 Å². The highest BCUT2D eigenvalue weighted by Crippen LogP contribution is 2.31. The van der Waals surface area contributed by atoms with Gasteiger partial charge in [-0.25, -0.2) is 4.79 Å². The van der Waals surface area contributed by atoms with Crippen molar-refractivity contribution >= 4 is 23.6 Å². The van der Waals surface area contributed by atoms with Crippen LogP contribution in [-0.4, -0.2) is 47.0 Å². The summed E-state index contributed by atoms with van der Waals surface area (Å²) in [5.74, 6) is -2.53. The first-order valence-corrected chi connectivity index (χ1v) is 13.7. The third-order valence-electron chi connectivity index (χ3n) is 6.23. The Kier molecular flexibility index (Phi) is 12.2. The summed E-state index contributed by atoms with van der Waals surface area (Å²) < 4.78 is 83.9. The minimum absolute atomic E-state index is 0.0795. The van der Waals surface area contributed by atoms with E-state index in [0.29, 0.717) is 6.07 Å². The topological polar surface area (TPSA) is 112 Å². The number of amides is 3. The maximum absolute atomic E-state index is 13.4. The first-order chi connectivity index (χ1) is 20.8. The van der Waals surface area contributed by atoms with Gasteiger partial charge in [0.2, 0.25) is 11.8 Å². The van der Waals surface area contributed by atoms with Crippen molar-refractivity contribution in [3.8, 4) is 6.07 Å². The van der Waals surface area contributed by atoms with E-state index < -0.39 is 65.0 Å². The number of ether oxygens (including phenoxy) is 1. The van der Waals surface area contributed by atoms with Crippen LogP contribution in [-0.2, 0) is 33.1 Å². The van der Waals surface area contributed by atoms with Gasteiger partial charge in [0.1, 0.15) is 17.7 Å². The lowest BCUT2D eigenvalue weighted by atomic mass is 10.0. The Morgan fingerprint density at radius 2 is 1.62 bits per heavy atom. The molecule has 2 N–H and O–H groups in total. The third kappa shape index (κ3) is 11.2. The summed E-state index contributed by atoms with van der Waals surface area (Å²) in [6.07, 6.45) is -8.84. The monoisotopic (exact) mass is 640 g/mol. The highest BCUT2D eigenvalue weighted by molar-refractivity contribution is 5.98. The molecule has 3 rings (SSSR count). The molecule has 1 heterocycles. The molecule has 8 nitrogen and oxygen atoms in total. The smallest absolute Gasteiger partial charge is 0.416 e. The molecular formula is C31H34F6N4O4. The van der Waals surface area contributed by atoms with E-state index in [1.165, 1.54) is 6.07 Å². The molecule has 0 aromatic heterocycles. The molecule has 45 heavy (non-hydrogen) atoms. The van der Waals surface area contributed by atoms with Crippen LogP contribution < -0.4 is 10.6 Å². The number of halogens is 6. The van der Waals surface area contributed by atoms with E-state index >= 15 is 0 Å². The van der Waals surface area contributed by atoms with Gasteiger partial charge in [0.15, 0.2) is 0 Å². The lowest BCUT2D eigenvalue weighted by molar-refractivity contribution is -0.138. The van der Waals surface area contributed by atoms with Crippen LogP contribution >= 0.6 is 0 Å². The molecule has 0 bridgehead atoms. The quantitative estimate of drug-likeness (QED) is 0.269. The maximum atomic E-state index is 13.4. The van der Waals surface area contributed by atoms with Crippen LogP contribution in [0.15, 0.2) is 61.2 Å². The van der Waals surface area contributed by atoms with Crippen LogP contribution in [0.3, 0.4) is 0 Å². The SMILES string of the molecule is C=CC.CC(C)(C)OC(=O)N1CC(C#N)CC1C(=O)NC(Cc1ccc(C(F)(F)F)cc1)C(=O)Nc1cccc(C(F)(F)F)c1. The highest BCUT2D eigenvalue weighted by Gasteiger charge is 2.42. The predicted molar refractivity (Wildman–Crippen MR) is 153 cm³/mol. The summed E-state index contributed by atoms with van der Waals surface area (Å²) in [6.45, 7) is 9.95. The van der Waals surface area contributed by atoms with Gasteiger partial charge in [-0.15, -0.1) is 6.58 Å². The molecule has 1 fully saturated rings. The molecule has 3 atom stereocenters. The summed E-state index contributed by atoms with van der Waals surface area (Å²) in [6, 6.07) is 6.83. The van der Waals surface area contributed by atoms with Crippen LogP contribution in [0, 0.1) is 17.2 Å². The van der Waals surface area contributed by atoms with Crippen molar-refractivity contribution in [2.24, 2.45) is 5.92 Å². The lowest BCUT2D eigenvalue weighted by Crippen LogP contribution is -2.53. The minimum Gasteiger partial charge on any atom is -0.444 e. The zero-order valence-electron chi connectivity index (χ0n) is 25.1. The molecule has 0 radical (unpaired) electrons. The van der Waals surface area contributed by atoms with Crippen molar-refractivity contribution in [3.63, 3.8) is 0 Å². The predicted octanol–water partition coefficient (Wildman–Crippen LogP) is 6.73. The molecular weight excluding hydrogens is 606 g/mol. The summed E-state index contributed by atoms with van der Waals surface area (Å²) in [5.41, 5.74) is -2.93. The molecule has 3 amide bonds. The summed E-state index contributed by atoms with van der Waals surface area (Å²) in [7, 11) is 0. The van der Waals surface area contributed by atoms with Crippen LogP contribution in [0.5, 0.6) is 0 Å². The standard InChI is InChI=1S/C28H28F6N4O4.C3H6/c1-26(2,3)42-25(41)38-15-17(14-35)12-22(38)24(40)37-21(11-16-7-9-18(10-8-16)27(29,30)31)23(39)36-20-6-4-5-19(13-20)28(32,33)34;1-3-2/h4-10,13,17,21-22H,11-12,15H2,1-3H3,(H,36,39)(H,37,40);3H,1H2,2H3. The number of likely N-dealkylation sites (tertiary alicyclic amines) is 1. The number of nitriles is 1. The fourth-order valence-corrected chi connectivity index (χ4v) is 4.25. The van der Waals surface area contributed by atoms with Gasteiger partial charge in [0.25, 0.3) is 0 Å².